The zero-order valence-corrected chi connectivity index (χ0v) is 13.2. The first kappa shape index (κ1) is 14.5. The number of carbonyl (C=O) groups is 1. The van der Waals surface area contributed by atoms with Crippen LogP contribution in [0.5, 0.6) is 0 Å². The molecular weight excluding hydrogens is 288 g/mol. The predicted octanol–water partition coefficient (Wildman–Crippen LogP) is 1.94. The fourth-order valence-electron chi connectivity index (χ4n) is 3.86. The normalized spacial score (nSPS) is 24.3. The van der Waals surface area contributed by atoms with E-state index < -0.39 is 0 Å². The summed E-state index contributed by atoms with van der Waals surface area (Å²) in [6.45, 7) is 3.93. The van der Waals surface area contributed by atoms with Crippen LogP contribution in [0.3, 0.4) is 0 Å². The zero-order valence-electron chi connectivity index (χ0n) is 13.2. The van der Waals surface area contributed by atoms with Crippen LogP contribution < -0.4 is 5.32 Å². The fraction of sp³-hybridized carbons (Fsp3) is 0.444. The van der Waals surface area contributed by atoms with Gasteiger partial charge in [0.25, 0.3) is 5.91 Å². The van der Waals surface area contributed by atoms with Gasteiger partial charge in [-0.15, -0.1) is 0 Å². The van der Waals surface area contributed by atoms with E-state index in [-0.39, 0.29) is 5.91 Å². The Morgan fingerprint density at radius 2 is 1.83 bits per heavy atom. The second-order valence-electron chi connectivity index (χ2n) is 6.52. The summed E-state index contributed by atoms with van der Waals surface area (Å²) >= 11 is 0. The van der Waals surface area contributed by atoms with Gasteiger partial charge in [0.1, 0.15) is 0 Å². The first-order valence-electron chi connectivity index (χ1n) is 8.42. The van der Waals surface area contributed by atoms with Crippen molar-refractivity contribution in [3.63, 3.8) is 0 Å². The van der Waals surface area contributed by atoms with E-state index in [1.165, 1.54) is 0 Å². The molecule has 5 heteroatoms. The van der Waals surface area contributed by atoms with Crippen molar-refractivity contribution in [2.75, 3.05) is 26.2 Å². The van der Waals surface area contributed by atoms with Crippen LogP contribution in [0, 0.1) is 11.8 Å². The van der Waals surface area contributed by atoms with Crippen molar-refractivity contribution < 1.29 is 4.79 Å². The molecule has 0 saturated carbocycles. The number of rotatable bonds is 2. The Morgan fingerprint density at radius 3 is 2.52 bits per heavy atom. The quantitative estimate of drug-likeness (QED) is 0.922. The maximum absolute atomic E-state index is 13.1. The molecule has 2 aliphatic rings. The number of nitrogens with zero attached hydrogens (tertiary/aromatic N) is 3. The third-order valence-corrected chi connectivity index (χ3v) is 5.19. The first-order valence-corrected chi connectivity index (χ1v) is 8.42. The predicted molar refractivity (Wildman–Crippen MR) is 88.6 cm³/mol. The molecule has 0 unspecified atom stereocenters. The van der Waals surface area contributed by atoms with Gasteiger partial charge in [0, 0.05) is 25.5 Å². The number of amides is 1. The summed E-state index contributed by atoms with van der Waals surface area (Å²) in [7, 11) is 0. The molecule has 1 aromatic heterocycles. The number of fused-ring (bicyclic) bond motifs is 1. The van der Waals surface area contributed by atoms with Crippen LogP contribution in [0.2, 0.25) is 0 Å². The third kappa shape index (κ3) is 2.77. The average molecular weight is 310 g/mol. The van der Waals surface area contributed by atoms with Gasteiger partial charge in [-0.2, -0.15) is 5.10 Å². The van der Waals surface area contributed by atoms with Gasteiger partial charge in [0.15, 0.2) is 0 Å². The highest BCUT2D eigenvalue weighted by molar-refractivity contribution is 5.97. The molecule has 5 nitrogen and oxygen atoms in total. The van der Waals surface area contributed by atoms with E-state index in [0.717, 1.165) is 62.1 Å². The molecule has 0 radical (unpaired) electrons. The van der Waals surface area contributed by atoms with Crippen LogP contribution in [-0.2, 0) is 0 Å². The molecule has 0 spiro atoms. The van der Waals surface area contributed by atoms with Gasteiger partial charge in [-0.25, -0.2) is 4.68 Å². The van der Waals surface area contributed by atoms with Gasteiger partial charge in [-0.05, 0) is 56.0 Å². The standard InChI is InChI=1S/C18H22N4O/c23-18(21-10-6-14-12-19-13-15(14)7-11-21)16-4-1-2-5-17(16)22-9-3-8-20-22/h1-5,8-9,14-15,19H,6-7,10-13H2/t14-,15+. The molecule has 2 atom stereocenters. The number of likely N-dealkylation sites (tertiary alicyclic amines) is 1. The van der Waals surface area contributed by atoms with Gasteiger partial charge >= 0.3 is 0 Å². The molecule has 0 bridgehead atoms. The van der Waals surface area contributed by atoms with Crippen molar-refractivity contribution in [3.05, 3.63) is 48.3 Å². The molecular formula is C18H22N4O. The van der Waals surface area contributed by atoms with Crippen molar-refractivity contribution >= 4 is 5.91 Å². The molecule has 2 aromatic rings. The van der Waals surface area contributed by atoms with Crippen LogP contribution in [0.1, 0.15) is 23.2 Å². The first-order chi connectivity index (χ1) is 11.3. The summed E-state index contributed by atoms with van der Waals surface area (Å²) in [5.74, 6) is 1.59. The molecule has 1 aromatic carbocycles. The zero-order chi connectivity index (χ0) is 15.6. The minimum absolute atomic E-state index is 0.129. The van der Waals surface area contributed by atoms with Gasteiger partial charge < -0.3 is 10.2 Å². The van der Waals surface area contributed by atoms with Crippen molar-refractivity contribution in [1.29, 1.82) is 0 Å². The molecule has 1 amide bonds. The summed E-state index contributed by atoms with van der Waals surface area (Å²) < 4.78 is 1.77. The second kappa shape index (κ2) is 6.16. The van der Waals surface area contributed by atoms with E-state index in [0.29, 0.717) is 0 Å². The summed E-state index contributed by atoms with van der Waals surface area (Å²) in [5.41, 5.74) is 1.59. The highest BCUT2D eigenvalue weighted by Crippen LogP contribution is 2.28. The molecule has 4 rings (SSSR count). The maximum Gasteiger partial charge on any atom is 0.256 e. The van der Waals surface area contributed by atoms with E-state index >= 15 is 0 Å². The lowest BCUT2D eigenvalue weighted by molar-refractivity contribution is 0.0758. The van der Waals surface area contributed by atoms with Gasteiger partial charge in [-0.3, -0.25) is 4.79 Å². The molecule has 2 aliphatic heterocycles. The van der Waals surface area contributed by atoms with E-state index in [2.05, 4.69) is 10.4 Å². The number of para-hydroxylation sites is 1. The van der Waals surface area contributed by atoms with Gasteiger partial charge in [0.2, 0.25) is 0 Å². The van der Waals surface area contributed by atoms with Crippen LogP contribution in [0.4, 0.5) is 0 Å². The summed E-state index contributed by atoms with van der Waals surface area (Å²) in [6.07, 6.45) is 5.83. The summed E-state index contributed by atoms with van der Waals surface area (Å²) in [6, 6.07) is 9.62. The fourth-order valence-corrected chi connectivity index (χ4v) is 3.86. The largest absolute Gasteiger partial charge is 0.339 e. The maximum atomic E-state index is 13.1. The summed E-state index contributed by atoms with van der Waals surface area (Å²) in [4.78, 5) is 15.1. The monoisotopic (exact) mass is 310 g/mol. The number of carbonyl (C=O) groups excluding carboxylic acids is 1. The Hall–Kier alpha value is -2.14. The van der Waals surface area contributed by atoms with E-state index in [9.17, 15) is 4.79 Å². The van der Waals surface area contributed by atoms with E-state index in [1.54, 1.807) is 10.9 Å². The number of hydrogen-bond donors (Lipinski definition) is 1. The molecule has 120 valence electrons. The Balaban J connectivity index is 1.58. The second-order valence-corrected chi connectivity index (χ2v) is 6.52. The lowest BCUT2D eigenvalue weighted by Gasteiger charge is -2.22. The molecule has 23 heavy (non-hydrogen) atoms. The van der Waals surface area contributed by atoms with Gasteiger partial charge in [0.05, 0.1) is 11.3 Å². The Labute approximate surface area is 136 Å². The highest BCUT2D eigenvalue weighted by atomic mass is 16.2. The number of benzene rings is 1. The smallest absolute Gasteiger partial charge is 0.256 e. The highest BCUT2D eigenvalue weighted by Gasteiger charge is 2.32. The van der Waals surface area contributed by atoms with Crippen LogP contribution in [0.25, 0.3) is 5.69 Å². The van der Waals surface area contributed by atoms with Crippen LogP contribution in [-0.4, -0.2) is 46.8 Å². The average Bonchev–Trinajstić information content (AvgIpc) is 3.23. The molecule has 0 aliphatic carbocycles. The number of hydrogen-bond acceptors (Lipinski definition) is 3. The molecule has 2 fully saturated rings. The Kier molecular flexibility index (Phi) is 3.87. The van der Waals surface area contributed by atoms with E-state index in [4.69, 9.17) is 0 Å². The Bertz CT molecular complexity index is 668. The van der Waals surface area contributed by atoms with Crippen LogP contribution in [0.15, 0.2) is 42.7 Å². The lowest BCUT2D eigenvalue weighted by atomic mass is 9.92. The molecule has 1 N–H and O–H groups in total. The van der Waals surface area contributed by atoms with Crippen molar-refractivity contribution in [3.8, 4) is 5.69 Å². The van der Waals surface area contributed by atoms with Crippen molar-refractivity contribution in [2.45, 2.75) is 12.8 Å². The number of aromatic nitrogens is 2. The van der Waals surface area contributed by atoms with Crippen molar-refractivity contribution in [1.82, 2.24) is 20.0 Å². The third-order valence-electron chi connectivity index (χ3n) is 5.19. The molecule has 2 saturated heterocycles. The lowest BCUT2D eigenvalue weighted by Crippen LogP contribution is -2.33. The SMILES string of the molecule is O=C(c1ccccc1-n1cccn1)N1CC[C@@H]2CNC[C@@H]2CC1. The van der Waals surface area contributed by atoms with E-state index in [1.807, 2.05) is 41.4 Å². The van der Waals surface area contributed by atoms with Gasteiger partial charge in [-0.1, -0.05) is 12.1 Å². The Morgan fingerprint density at radius 1 is 1.09 bits per heavy atom. The number of nitrogens with one attached hydrogen (secondary N) is 1. The minimum atomic E-state index is 0.129. The topological polar surface area (TPSA) is 50.2 Å². The van der Waals surface area contributed by atoms with Crippen LogP contribution >= 0.6 is 0 Å². The minimum Gasteiger partial charge on any atom is -0.339 e. The summed E-state index contributed by atoms with van der Waals surface area (Å²) in [5, 5.41) is 7.76. The molecule has 3 heterocycles. The van der Waals surface area contributed by atoms with Crippen molar-refractivity contribution in [2.24, 2.45) is 11.8 Å².